The van der Waals surface area contributed by atoms with Crippen molar-refractivity contribution in [1.82, 2.24) is 46.0 Å². The molecule has 2 aliphatic heterocycles. The Bertz CT molecular complexity index is 2910. The highest BCUT2D eigenvalue weighted by atomic mass is 35.5. The van der Waals surface area contributed by atoms with Gasteiger partial charge in [0, 0.05) is 60.4 Å². The van der Waals surface area contributed by atoms with Crippen molar-refractivity contribution in [3.05, 3.63) is 112 Å². The highest BCUT2D eigenvalue weighted by Crippen LogP contribution is 2.37. The van der Waals surface area contributed by atoms with E-state index in [0.29, 0.717) is 73.2 Å². The van der Waals surface area contributed by atoms with Crippen LogP contribution in [0.3, 0.4) is 0 Å². The number of carbonyl (C=O) groups excluding carboxylic acids is 4. The first kappa shape index (κ1) is 59.3. The van der Waals surface area contributed by atoms with E-state index in [1.165, 1.54) is 4.90 Å². The minimum Gasteiger partial charge on any atom is -0.454 e. The zero-order valence-electron chi connectivity index (χ0n) is 45.8. The van der Waals surface area contributed by atoms with Gasteiger partial charge in [0.05, 0.1) is 78.7 Å². The number of carbonyl (C=O) groups is 4. The van der Waals surface area contributed by atoms with E-state index < -0.39 is 35.4 Å². The normalized spacial score (nSPS) is 18.2. The number of aliphatic hydroxyl groups is 1. The van der Waals surface area contributed by atoms with Gasteiger partial charge in [-0.25, -0.2) is 9.99 Å². The van der Waals surface area contributed by atoms with Crippen LogP contribution in [0.25, 0.3) is 21.6 Å². The topological polar surface area (TPSA) is 234 Å². The van der Waals surface area contributed by atoms with Crippen molar-refractivity contribution < 1.29 is 43.2 Å². The summed E-state index contributed by atoms with van der Waals surface area (Å²) >= 11 is 8.22. The zero-order chi connectivity index (χ0) is 56.4. The number of thiazole rings is 1. The molecule has 4 amide bonds. The molecule has 0 bridgehead atoms. The number of halogens is 1. The van der Waals surface area contributed by atoms with Gasteiger partial charge in [0.2, 0.25) is 17.7 Å². The van der Waals surface area contributed by atoms with Crippen LogP contribution in [0.4, 0.5) is 0 Å². The summed E-state index contributed by atoms with van der Waals surface area (Å²) < 4.78 is 23.4. The Balaban J connectivity index is 0.791. The van der Waals surface area contributed by atoms with Crippen molar-refractivity contribution >= 4 is 46.6 Å². The number of β-amino-alcohol motifs (C(OH)–C–C–N with tert-alkyl or cyclic N) is 1. The number of rotatable bonds is 22. The lowest BCUT2D eigenvalue weighted by molar-refractivity contribution is -0.144. The zero-order valence-corrected chi connectivity index (χ0v) is 47.4. The van der Waals surface area contributed by atoms with Crippen LogP contribution in [0.2, 0.25) is 5.02 Å². The molecule has 5 aromatic rings. The molecule has 0 saturated carbocycles. The van der Waals surface area contributed by atoms with Crippen LogP contribution in [-0.2, 0) is 28.6 Å². The van der Waals surface area contributed by atoms with E-state index in [1.54, 1.807) is 66.2 Å². The minimum atomic E-state index is -0.990. The van der Waals surface area contributed by atoms with Crippen LogP contribution in [0, 0.1) is 23.7 Å². The Morgan fingerprint density at radius 3 is 2.22 bits per heavy atom. The average Bonchev–Trinajstić information content (AvgIpc) is 4.04. The van der Waals surface area contributed by atoms with E-state index in [9.17, 15) is 29.5 Å². The predicted octanol–water partition coefficient (Wildman–Crippen LogP) is 7.13. The lowest BCUT2D eigenvalue weighted by atomic mass is 9.85. The SMILES string of the molecule is Cc1ncsc1-c1ccc([C@H](C)NC(=O)[C@@H]2C[C@@H](O)CN2C(=O)[C@@H](NC(=O)COCCOCCOCCN2C(C)(C)CN(NC(=O)c3ccc(Oc4cccc(-c5ccnnc5)c4C#N)c(Cl)c3)CC2(C)C)C(C)(C)C)cc1. The predicted molar refractivity (Wildman–Crippen MR) is 296 cm³/mol. The van der Waals surface area contributed by atoms with E-state index in [2.05, 4.69) is 69.9 Å². The van der Waals surface area contributed by atoms with Crippen molar-refractivity contribution in [2.24, 2.45) is 5.41 Å². The molecule has 4 N–H and O–H groups in total. The number of nitrogens with one attached hydrogen (secondary N) is 3. The maximum atomic E-state index is 14.1. The van der Waals surface area contributed by atoms with Crippen LogP contribution < -0.4 is 20.8 Å². The van der Waals surface area contributed by atoms with Crippen LogP contribution in [0.5, 0.6) is 11.5 Å². The number of hydrazine groups is 1. The molecule has 0 spiro atoms. The number of hydrogen-bond donors (Lipinski definition) is 4. The first-order chi connectivity index (χ1) is 37.1. The summed E-state index contributed by atoms with van der Waals surface area (Å²) in [5.74, 6) is -1.06. The quantitative estimate of drug-likeness (QED) is 0.0505. The van der Waals surface area contributed by atoms with Gasteiger partial charge in [-0.1, -0.05) is 68.8 Å². The number of hydrogen-bond acceptors (Lipinski definition) is 16. The summed E-state index contributed by atoms with van der Waals surface area (Å²) in [6.07, 6.45) is 2.30. The highest BCUT2D eigenvalue weighted by Gasteiger charge is 2.46. The Kier molecular flexibility index (Phi) is 19.8. The number of ether oxygens (including phenoxy) is 4. The number of aryl methyl sites for hydroxylation is 1. The van der Waals surface area contributed by atoms with Crippen LogP contribution >= 0.6 is 22.9 Å². The van der Waals surface area contributed by atoms with Gasteiger partial charge in [-0.15, -0.1) is 11.3 Å². The molecule has 2 saturated heterocycles. The largest absolute Gasteiger partial charge is 0.454 e. The second-order valence-corrected chi connectivity index (χ2v) is 23.2. The molecule has 7 rings (SSSR count). The summed E-state index contributed by atoms with van der Waals surface area (Å²) in [4.78, 5) is 63.7. The van der Waals surface area contributed by atoms with Gasteiger partial charge in [-0.05, 0) is 88.4 Å². The molecule has 0 unspecified atom stereocenters. The number of amides is 4. The molecule has 78 heavy (non-hydrogen) atoms. The van der Waals surface area contributed by atoms with Gasteiger partial charge >= 0.3 is 0 Å². The van der Waals surface area contributed by atoms with Crippen molar-refractivity contribution in [1.29, 1.82) is 5.26 Å². The molecule has 19 nitrogen and oxygen atoms in total. The van der Waals surface area contributed by atoms with E-state index in [4.69, 9.17) is 30.5 Å². The third-order valence-corrected chi connectivity index (χ3v) is 15.1. The number of aliphatic hydroxyl groups excluding tert-OH is 1. The number of benzene rings is 3. The number of aromatic nitrogens is 3. The summed E-state index contributed by atoms with van der Waals surface area (Å²) in [6.45, 7) is 20.7. The summed E-state index contributed by atoms with van der Waals surface area (Å²) in [7, 11) is 0. The van der Waals surface area contributed by atoms with Gasteiger partial charge in [-0.3, -0.25) is 29.5 Å². The van der Waals surface area contributed by atoms with E-state index in [1.807, 2.05) is 69.4 Å². The van der Waals surface area contributed by atoms with Gasteiger partial charge in [0.1, 0.15) is 41.8 Å². The summed E-state index contributed by atoms with van der Waals surface area (Å²) in [5, 5.41) is 36.4. The third kappa shape index (κ3) is 15.0. The Morgan fingerprint density at radius 2 is 1.59 bits per heavy atom. The monoisotopic (exact) mass is 1110 g/mol. The molecule has 4 heterocycles. The molecular weight excluding hydrogens is 1040 g/mol. The number of likely N-dealkylation sites (tertiary alicyclic amines) is 1. The molecule has 0 aliphatic carbocycles. The van der Waals surface area contributed by atoms with E-state index in [-0.39, 0.29) is 66.7 Å². The maximum absolute atomic E-state index is 14.1. The molecule has 2 aliphatic rings. The molecule has 0 radical (unpaired) electrons. The Labute approximate surface area is 465 Å². The van der Waals surface area contributed by atoms with Crippen LogP contribution in [0.15, 0.2) is 84.6 Å². The minimum absolute atomic E-state index is 0.0342. The fourth-order valence-corrected chi connectivity index (χ4v) is 11.1. The van der Waals surface area contributed by atoms with Gasteiger partial charge in [0.15, 0.2) is 0 Å². The van der Waals surface area contributed by atoms with Crippen LogP contribution in [-0.4, -0.2) is 154 Å². The van der Waals surface area contributed by atoms with E-state index in [0.717, 1.165) is 21.7 Å². The fraction of sp³-hybridized carbons (Fsp3) is 0.474. The summed E-state index contributed by atoms with van der Waals surface area (Å²) in [6, 6.07) is 19.6. The second kappa shape index (κ2) is 26.0. The van der Waals surface area contributed by atoms with Gasteiger partial charge < -0.3 is 39.6 Å². The van der Waals surface area contributed by atoms with Crippen LogP contribution in [0.1, 0.15) is 95.0 Å². The molecule has 3 aromatic carbocycles. The molecule has 2 fully saturated rings. The lowest BCUT2D eigenvalue weighted by Crippen LogP contribution is -2.71. The number of piperazine rings is 1. The lowest BCUT2D eigenvalue weighted by Gasteiger charge is -2.56. The molecular formula is C57H71ClN10O9S. The summed E-state index contributed by atoms with van der Waals surface area (Å²) in [5.41, 5.74) is 8.35. The standard InChI is InChI=1S/C57H71ClN10O9S/c1-36(38-13-15-39(16-14-38)50-37(2)60-35-78-50)63-53(72)46-28-42(69)31-67(46)54(73)51(55(3,4)5)64-49(70)32-76-26-25-75-24-23-74-22-21-68-56(6,7)33-66(34-57(68,8)9)65-52(71)40-17-18-48(45(58)27-40)77-47-12-10-11-43(44(47)29-59)41-19-20-61-62-30-41/h10-20,27,30,35-36,42,46,51,69H,21-26,28,31-34H2,1-9H3,(H,63,72)(H,64,70)(H,65,71)/t36-,42+,46-,51+/m0/s1. The average molecular weight is 1110 g/mol. The highest BCUT2D eigenvalue weighted by molar-refractivity contribution is 7.13. The van der Waals surface area contributed by atoms with Gasteiger partial charge in [0.25, 0.3) is 5.91 Å². The van der Waals surface area contributed by atoms with Crippen molar-refractivity contribution in [2.75, 3.05) is 65.8 Å². The maximum Gasteiger partial charge on any atom is 0.265 e. The Hall–Kier alpha value is -6.41. The number of nitrogens with zero attached hydrogens (tertiary/aromatic N) is 7. The Morgan fingerprint density at radius 1 is 0.897 bits per heavy atom. The molecule has 2 aromatic heterocycles. The molecule has 4 atom stereocenters. The van der Waals surface area contributed by atoms with E-state index >= 15 is 0 Å². The first-order valence-electron chi connectivity index (χ1n) is 26.0. The van der Waals surface area contributed by atoms with Gasteiger partial charge in [-0.2, -0.15) is 15.5 Å². The first-order valence-corrected chi connectivity index (χ1v) is 27.2. The van der Waals surface area contributed by atoms with Crippen molar-refractivity contribution in [3.8, 4) is 39.1 Å². The van der Waals surface area contributed by atoms with Crippen molar-refractivity contribution in [2.45, 2.75) is 104 Å². The second-order valence-electron chi connectivity index (χ2n) is 21.9. The molecule has 21 heteroatoms. The fourth-order valence-electron chi connectivity index (χ4n) is 10.1. The number of nitriles is 1. The van der Waals surface area contributed by atoms with Crippen molar-refractivity contribution in [3.63, 3.8) is 0 Å². The smallest absolute Gasteiger partial charge is 0.265 e. The molecule has 416 valence electrons. The third-order valence-electron chi connectivity index (χ3n) is 13.8.